The summed E-state index contributed by atoms with van der Waals surface area (Å²) in [5.41, 5.74) is 1.13. The van der Waals surface area contributed by atoms with Crippen LogP contribution in [0.25, 0.3) is 22.1 Å². The number of benzene rings is 2. The van der Waals surface area contributed by atoms with Gasteiger partial charge in [-0.15, -0.1) is 0 Å². The molecule has 1 unspecified atom stereocenters. The number of fused-ring (bicyclic) bond motifs is 1. The zero-order chi connectivity index (χ0) is 14.8. The molecule has 0 saturated heterocycles. The predicted molar refractivity (Wildman–Crippen MR) is 91.4 cm³/mol. The SMILES string of the molecule is CCC(NC)c1ccc(-c2ccc(Br)c3ccccc23)o1. The maximum Gasteiger partial charge on any atom is 0.134 e. The first-order valence-corrected chi connectivity index (χ1v) is 7.98. The van der Waals surface area contributed by atoms with Crippen molar-refractivity contribution in [1.82, 2.24) is 5.32 Å². The van der Waals surface area contributed by atoms with Gasteiger partial charge >= 0.3 is 0 Å². The van der Waals surface area contributed by atoms with Crippen molar-refractivity contribution >= 4 is 26.7 Å². The van der Waals surface area contributed by atoms with Crippen LogP contribution < -0.4 is 5.32 Å². The molecule has 0 spiro atoms. The van der Waals surface area contributed by atoms with Gasteiger partial charge in [-0.2, -0.15) is 0 Å². The summed E-state index contributed by atoms with van der Waals surface area (Å²) in [6.07, 6.45) is 1.00. The van der Waals surface area contributed by atoms with Gasteiger partial charge in [-0.3, -0.25) is 0 Å². The standard InChI is InChI=1S/C18H18BrNO/c1-3-16(20-2)18-11-10-17(21-18)14-8-9-15(19)13-7-5-4-6-12(13)14/h4-11,16,20H,3H2,1-2H3. The van der Waals surface area contributed by atoms with Crippen LogP contribution in [-0.2, 0) is 0 Å². The first-order chi connectivity index (χ1) is 10.2. The smallest absolute Gasteiger partial charge is 0.134 e. The Morgan fingerprint density at radius 2 is 1.81 bits per heavy atom. The fraction of sp³-hybridized carbons (Fsp3) is 0.222. The van der Waals surface area contributed by atoms with Crippen molar-refractivity contribution in [3.05, 3.63) is 58.8 Å². The molecule has 1 atom stereocenters. The lowest BCUT2D eigenvalue weighted by Crippen LogP contribution is -2.14. The zero-order valence-electron chi connectivity index (χ0n) is 12.2. The Hall–Kier alpha value is -1.58. The minimum atomic E-state index is 0.264. The van der Waals surface area contributed by atoms with Gasteiger partial charge in [0.2, 0.25) is 0 Å². The van der Waals surface area contributed by atoms with Crippen LogP contribution in [-0.4, -0.2) is 7.05 Å². The van der Waals surface area contributed by atoms with Crippen molar-refractivity contribution < 1.29 is 4.42 Å². The molecule has 1 heterocycles. The quantitative estimate of drug-likeness (QED) is 0.673. The number of nitrogens with one attached hydrogen (secondary N) is 1. The lowest BCUT2D eigenvalue weighted by molar-refractivity contribution is 0.431. The van der Waals surface area contributed by atoms with E-state index in [2.05, 4.69) is 76.7 Å². The van der Waals surface area contributed by atoms with E-state index in [0.29, 0.717) is 0 Å². The highest BCUT2D eigenvalue weighted by atomic mass is 79.9. The summed E-state index contributed by atoms with van der Waals surface area (Å²) in [5, 5.41) is 5.68. The van der Waals surface area contributed by atoms with E-state index in [0.717, 1.165) is 28.0 Å². The van der Waals surface area contributed by atoms with Crippen LogP contribution in [0.2, 0.25) is 0 Å². The number of hydrogen-bond acceptors (Lipinski definition) is 2. The minimum absolute atomic E-state index is 0.264. The summed E-state index contributed by atoms with van der Waals surface area (Å²) in [5.74, 6) is 1.91. The average Bonchev–Trinajstić information content (AvgIpc) is 2.99. The summed E-state index contributed by atoms with van der Waals surface area (Å²) in [4.78, 5) is 0. The lowest BCUT2D eigenvalue weighted by Gasteiger charge is -2.10. The monoisotopic (exact) mass is 343 g/mol. The van der Waals surface area contributed by atoms with Gasteiger partial charge in [0.15, 0.2) is 0 Å². The number of halogens is 1. The molecule has 1 aromatic heterocycles. The van der Waals surface area contributed by atoms with Gasteiger partial charge in [0, 0.05) is 10.0 Å². The molecule has 3 rings (SSSR count). The van der Waals surface area contributed by atoms with Crippen molar-refractivity contribution in [2.75, 3.05) is 7.05 Å². The third kappa shape index (κ3) is 2.63. The number of furan rings is 1. The van der Waals surface area contributed by atoms with Gasteiger partial charge in [-0.05, 0) is 48.5 Å². The predicted octanol–water partition coefficient (Wildman–Crippen LogP) is 5.53. The Labute approximate surface area is 133 Å². The van der Waals surface area contributed by atoms with Crippen LogP contribution in [0, 0.1) is 0 Å². The third-order valence-corrected chi connectivity index (χ3v) is 4.55. The Morgan fingerprint density at radius 3 is 2.52 bits per heavy atom. The van der Waals surface area contributed by atoms with Crippen LogP contribution in [0.1, 0.15) is 25.1 Å². The maximum absolute atomic E-state index is 6.08. The van der Waals surface area contributed by atoms with Gasteiger partial charge in [-0.1, -0.05) is 47.1 Å². The Balaban J connectivity index is 2.11. The summed E-state index contributed by atoms with van der Waals surface area (Å²) < 4.78 is 7.19. The van der Waals surface area contributed by atoms with Gasteiger partial charge in [-0.25, -0.2) is 0 Å². The second-order valence-corrected chi connectivity index (χ2v) is 5.95. The molecule has 0 fully saturated rings. The van der Waals surface area contributed by atoms with E-state index in [-0.39, 0.29) is 6.04 Å². The highest BCUT2D eigenvalue weighted by Gasteiger charge is 2.14. The van der Waals surface area contributed by atoms with E-state index in [1.54, 1.807) is 0 Å². The summed E-state index contributed by atoms with van der Waals surface area (Å²) >= 11 is 3.61. The van der Waals surface area contributed by atoms with Crippen LogP contribution in [0.5, 0.6) is 0 Å². The van der Waals surface area contributed by atoms with E-state index < -0.39 is 0 Å². The van der Waals surface area contributed by atoms with Crippen LogP contribution in [0.4, 0.5) is 0 Å². The Kier molecular flexibility index (Phi) is 4.13. The molecule has 0 bridgehead atoms. The zero-order valence-corrected chi connectivity index (χ0v) is 13.8. The van der Waals surface area contributed by atoms with Crippen molar-refractivity contribution in [1.29, 1.82) is 0 Å². The second kappa shape index (κ2) is 6.04. The molecular weight excluding hydrogens is 326 g/mol. The van der Waals surface area contributed by atoms with Crippen LogP contribution >= 0.6 is 15.9 Å². The fourth-order valence-electron chi connectivity index (χ4n) is 2.71. The molecule has 21 heavy (non-hydrogen) atoms. The van der Waals surface area contributed by atoms with Gasteiger partial charge in [0.25, 0.3) is 0 Å². The van der Waals surface area contributed by atoms with E-state index in [1.807, 2.05) is 7.05 Å². The van der Waals surface area contributed by atoms with Crippen LogP contribution in [0.15, 0.2) is 57.4 Å². The topological polar surface area (TPSA) is 25.2 Å². The van der Waals surface area contributed by atoms with Crippen molar-refractivity contribution in [3.63, 3.8) is 0 Å². The molecule has 3 heteroatoms. The molecular formula is C18H18BrNO. The molecule has 0 aliphatic carbocycles. The molecule has 108 valence electrons. The Morgan fingerprint density at radius 1 is 1.05 bits per heavy atom. The molecule has 1 N–H and O–H groups in total. The van der Waals surface area contributed by atoms with Crippen molar-refractivity contribution in [3.8, 4) is 11.3 Å². The van der Waals surface area contributed by atoms with Crippen LogP contribution in [0.3, 0.4) is 0 Å². The van der Waals surface area contributed by atoms with E-state index in [4.69, 9.17) is 4.42 Å². The first-order valence-electron chi connectivity index (χ1n) is 7.19. The molecule has 0 aliphatic heterocycles. The highest BCUT2D eigenvalue weighted by Crippen LogP contribution is 2.35. The summed E-state index contributed by atoms with van der Waals surface area (Å²) in [7, 11) is 1.96. The number of rotatable bonds is 4. The third-order valence-electron chi connectivity index (χ3n) is 3.86. The fourth-order valence-corrected chi connectivity index (χ4v) is 3.19. The average molecular weight is 344 g/mol. The van der Waals surface area contributed by atoms with Crippen molar-refractivity contribution in [2.45, 2.75) is 19.4 Å². The molecule has 0 amide bonds. The molecule has 2 aromatic carbocycles. The molecule has 0 aliphatic rings. The minimum Gasteiger partial charge on any atom is -0.459 e. The molecule has 0 radical (unpaired) electrons. The first kappa shape index (κ1) is 14.4. The van der Waals surface area contributed by atoms with Gasteiger partial charge in [0.1, 0.15) is 11.5 Å². The molecule has 2 nitrogen and oxygen atoms in total. The maximum atomic E-state index is 6.08. The van der Waals surface area contributed by atoms with Crippen molar-refractivity contribution in [2.24, 2.45) is 0 Å². The Bertz CT molecular complexity index is 759. The lowest BCUT2D eigenvalue weighted by atomic mass is 10.0. The number of hydrogen-bond donors (Lipinski definition) is 1. The summed E-state index contributed by atoms with van der Waals surface area (Å²) in [6, 6.07) is 16.9. The van der Waals surface area contributed by atoms with E-state index >= 15 is 0 Å². The second-order valence-electron chi connectivity index (χ2n) is 5.09. The van der Waals surface area contributed by atoms with E-state index in [1.165, 1.54) is 10.8 Å². The van der Waals surface area contributed by atoms with Gasteiger partial charge < -0.3 is 9.73 Å². The highest BCUT2D eigenvalue weighted by molar-refractivity contribution is 9.10. The largest absolute Gasteiger partial charge is 0.459 e. The molecule has 0 saturated carbocycles. The summed E-state index contributed by atoms with van der Waals surface area (Å²) in [6.45, 7) is 2.15. The normalized spacial score (nSPS) is 12.7. The van der Waals surface area contributed by atoms with E-state index in [9.17, 15) is 0 Å². The van der Waals surface area contributed by atoms with Gasteiger partial charge in [0.05, 0.1) is 6.04 Å². The molecule has 3 aromatic rings.